The van der Waals surface area contributed by atoms with Gasteiger partial charge in [-0.05, 0) is 47.0 Å². The topological polar surface area (TPSA) is 55.1 Å². The standard InChI is InChI=1S/C12H17BrN2O2/c1-12(2)5-3-8(4-6-12)15-10(13)9(7-14-15)11(16)17/h7-8H,3-6H2,1-2H3,(H,16,17). The number of carbonyl (C=O) groups is 1. The molecule has 1 saturated carbocycles. The van der Waals surface area contributed by atoms with E-state index in [0.717, 1.165) is 25.7 Å². The van der Waals surface area contributed by atoms with Crippen LogP contribution in [0, 0.1) is 5.41 Å². The average molecular weight is 301 g/mol. The van der Waals surface area contributed by atoms with Gasteiger partial charge in [0.1, 0.15) is 10.2 Å². The number of aromatic nitrogens is 2. The van der Waals surface area contributed by atoms with Crippen molar-refractivity contribution in [2.75, 3.05) is 0 Å². The van der Waals surface area contributed by atoms with Gasteiger partial charge in [-0.2, -0.15) is 5.10 Å². The minimum absolute atomic E-state index is 0.245. The van der Waals surface area contributed by atoms with E-state index in [0.29, 0.717) is 16.1 Å². The van der Waals surface area contributed by atoms with E-state index in [-0.39, 0.29) is 5.56 Å². The van der Waals surface area contributed by atoms with E-state index in [1.807, 2.05) is 4.68 Å². The molecule has 0 spiro atoms. The van der Waals surface area contributed by atoms with Crippen molar-refractivity contribution in [3.05, 3.63) is 16.4 Å². The van der Waals surface area contributed by atoms with Crippen molar-refractivity contribution in [2.24, 2.45) is 5.41 Å². The maximum Gasteiger partial charge on any atom is 0.340 e. The third-order valence-corrected chi connectivity index (χ3v) is 4.41. The van der Waals surface area contributed by atoms with Crippen molar-refractivity contribution in [3.8, 4) is 0 Å². The molecule has 1 aliphatic carbocycles. The Kier molecular flexibility index (Phi) is 3.30. The molecule has 4 nitrogen and oxygen atoms in total. The minimum atomic E-state index is -0.931. The second-order valence-corrected chi connectivity index (χ2v) is 6.25. The van der Waals surface area contributed by atoms with Gasteiger partial charge in [0.15, 0.2) is 0 Å². The first-order valence-electron chi connectivity index (χ1n) is 5.87. The Morgan fingerprint density at radius 1 is 1.53 bits per heavy atom. The molecule has 0 amide bonds. The zero-order chi connectivity index (χ0) is 12.6. The molecule has 1 heterocycles. The monoisotopic (exact) mass is 300 g/mol. The molecule has 1 aromatic rings. The zero-order valence-electron chi connectivity index (χ0n) is 10.1. The first-order chi connectivity index (χ1) is 7.91. The molecular weight excluding hydrogens is 284 g/mol. The highest BCUT2D eigenvalue weighted by Gasteiger charge is 2.29. The lowest BCUT2D eigenvalue weighted by Crippen LogP contribution is -2.24. The van der Waals surface area contributed by atoms with Gasteiger partial charge in [-0.3, -0.25) is 4.68 Å². The molecule has 2 rings (SSSR count). The van der Waals surface area contributed by atoms with E-state index in [1.54, 1.807) is 0 Å². The lowest BCUT2D eigenvalue weighted by Gasteiger charge is -2.34. The smallest absolute Gasteiger partial charge is 0.340 e. The van der Waals surface area contributed by atoms with Crippen molar-refractivity contribution in [1.82, 2.24) is 9.78 Å². The summed E-state index contributed by atoms with van der Waals surface area (Å²) in [4.78, 5) is 10.9. The largest absolute Gasteiger partial charge is 0.478 e. The van der Waals surface area contributed by atoms with Crippen LogP contribution >= 0.6 is 15.9 Å². The molecule has 0 saturated heterocycles. The number of aromatic carboxylic acids is 1. The number of halogens is 1. The Balaban J connectivity index is 2.17. The van der Waals surface area contributed by atoms with Gasteiger partial charge in [-0.1, -0.05) is 13.8 Å². The van der Waals surface area contributed by atoms with Crippen LogP contribution in [0.3, 0.4) is 0 Å². The van der Waals surface area contributed by atoms with Crippen LogP contribution < -0.4 is 0 Å². The summed E-state index contributed by atoms with van der Waals surface area (Å²) in [5.74, 6) is -0.931. The second-order valence-electron chi connectivity index (χ2n) is 5.49. The van der Waals surface area contributed by atoms with E-state index < -0.39 is 5.97 Å². The van der Waals surface area contributed by atoms with Gasteiger partial charge in [0.05, 0.1) is 12.2 Å². The maximum absolute atomic E-state index is 10.9. The summed E-state index contributed by atoms with van der Waals surface area (Å²) < 4.78 is 2.41. The fourth-order valence-electron chi connectivity index (χ4n) is 2.37. The predicted molar refractivity (Wildman–Crippen MR) is 68.2 cm³/mol. The van der Waals surface area contributed by atoms with E-state index >= 15 is 0 Å². The average Bonchev–Trinajstić information content (AvgIpc) is 2.60. The Morgan fingerprint density at radius 3 is 2.59 bits per heavy atom. The summed E-state index contributed by atoms with van der Waals surface area (Å²) in [6, 6.07) is 0.325. The van der Waals surface area contributed by atoms with Crippen LogP contribution in [0.15, 0.2) is 10.8 Å². The number of carboxylic acids is 1. The first kappa shape index (κ1) is 12.6. The van der Waals surface area contributed by atoms with Crippen molar-refractivity contribution in [1.29, 1.82) is 0 Å². The molecule has 1 aliphatic rings. The van der Waals surface area contributed by atoms with Crippen LogP contribution in [0.5, 0.6) is 0 Å². The summed E-state index contributed by atoms with van der Waals surface area (Å²) >= 11 is 3.34. The molecule has 1 N–H and O–H groups in total. The molecule has 0 aromatic carbocycles. The maximum atomic E-state index is 10.9. The van der Waals surface area contributed by atoms with Crippen LogP contribution in [-0.2, 0) is 0 Å². The first-order valence-corrected chi connectivity index (χ1v) is 6.66. The summed E-state index contributed by atoms with van der Waals surface area (Å²) in [6.07, 6.45) is 5.86. The number of carboxylic acid groups (broad SMARTS) is 1. The van der Waals surface area contributed by atoms with E-state index in [2.05, 4.69) is 34.9 Å². The van der Waals surface area contributed by atoms with Crippen molar-refractivity contribution in [3.63, 3.8) is 0 Å². The van der Waals surface area contributed by atoms with E-state index in [1.165, 1.54) is 6.20 Å². The van der Waals surface area contributed by atoms with E-state index in [4.69, 9.17) is 5.11 Å². The Labute approximate surface area is 109 Å². The van der Waals surface area contributed by atoms with Crippen LogP contribution in [0.4, 0.5) is 0 Å². The summed E-state index contributed by atoms with van der Waals surface area (Å²) in [5, 5.41) is 13.2. The molecule has 0 atom stereocenters. The molecule has 0 radical (unpaired) electrons. The summed E-state index contributed by atoms with van der Waals surface area (Å²) in [5.41, 5.74) is 0.654. The lowest BCUT2D eigenvalue weighted by atomic mass is 9.76. The number of hydrogen-bond donors (Lipinski definition) is 1. The highest BCUT2D eigenvalue weighted by molar-refractivity contribution is 9.10. The molecule has 0 unspecified atom stereocenters. The number of rotatable bonds is 2. The van der Waals surface area contributed by atoms with Crippen LogP contribution in [0.2, 0.25) is 0 Å². The molecular formula is C12H17BrN2O2. The Morgan fingerprint density at radius 2 is 2.12 bits per heavy atom. The van der Waals surface area contributed by atoms with Crippen LogP contribution in [0.25, 0.3) is 0 Å². The highest BCUT2D eigenvalue weighted by Crippen LogP contribution is 2.41. The Hall–Kier alpha value is -0.840. The third-order valence-electron chi connectivity index (χ3n) is 3.62. The van der Waals surface area contributed by atoms with Gasteiger partial charge in [0.25, 0.3) is 0 Å². The quantitative estimate of drug-likeness (QED) is 0.909. The summed E-state index contributed by atoms with van der Waals surface area (Å²) in [6.45, 7) is 4.56. The normalized spacial score (nSPS) is 20.4. The molecule has 5 heteroatoms. The fraction of sp³-hybridized carbons (Fsp3) is 0.667. The van der Waals surface area contributed by atoms with Gasteiger partial charge < -0.3 is 5.11 Å². The lowest BCUT2D eigenvalue weighted by molar-refractivity contribution is 0.0695. The van der Waals surface area contributed by atoms with Gasteiger partial charge in [-0.15, -0.1) is 0 Å². The van der Waals surface area contributed by atoms with Gasteiger partial charge in [0.2, 0.25) is 0 Å². The summed E-state index contributed by atoms with van der Waals surface area (Å²) in [7, 11) is 0. The molecule has 94 valence electrons. The second kappa shape index (κ2) is 4.44. The van der Waals surface area contributed by atoms with Gasteiger partial charge in [-0.25, -0.2) is 4.79 Å². The van der Waals surface area contributed by atoms with Gasteiger partial charge >= 0.3 is 5.97 Å². The number of nitrogens with zero attached hydrogens (tertiary/aromatic N) is 2. The predicted octanol–water partition coefficient (Wildman–Crippen LogP) is 3.49. The third kappa shape index (κ3) is 2.54. The molecule has 0 bridgehead atoms. The minimum Gasteiger partial charge on any atom is -0.478 e. The van der Waals surface area contributed by atoms with Crippen molar-refractivity contribution >= 4 is 21.9 Å². The molecule has 0 aliphatic heterocycles. The van der Waals surface area contributed by atoms with E-state index in [9.17, 15) is 4.79 Å². The van der Waals surface area contributed by atoms with Gasteiger partial charge in [0, 0.05) is 0 Å². The van der Waals surface area contributed by atoms with Crippen LogP contribution in [-0.4, -0.2) is 20.9 Å². The Bertz CT molecular complexity index is 430. The number of hydrogen-bond acceptors (Lipinski definition) is 2. The van der Waals surface area contributed by atoms with Crippen LogP contribution in [0.1, 0.15) is 55.9 Å². The zero-order valence-corrected chi connectivity index (χ0v) is 11.7. The van der Waals surface area contributed by atoms with Crippen molar-refractivity contribution < 1.29 is 9.90 Å². The fourth-order valence-corrected chi connectivity index (χ4v) is 3.03. The van der Waals surface area contributed by atoms with Crippen molar-refractivity contribution in [2.45, 2.75) is 45.6 Å². The molecule has 1 fully saturated rings. The molecule has 17 heavy (non-hydrogen) atoms. The highest BCUT2D eigenvalue weighted by atomic mass is 79.9. The SMILES string of the molecule is CC1(C)CCC(n2ncc(C(=O)O)c2Br)CC1. The molecule has 1 aromatic heterocycles.